The van der Waals surface area contributed by atoms with Crippen LogP contribution in [0.1, 0.15) is 35.3 Å². The summed E-state index contributed by atoms with van der Waals surface area (Å²) in [5.74, 6) is 0.914. The van der Waals surface area contributed by atoms with Crippen LogP contribution in [0.3, 0.4) is 0 Å². The van der Waals surface area contributed by atoms with Crippen LogP contribution in [0.15, 0.2) is 77.7 Å². The van der Waals surface area contributed by atoms with Gasteiger partial charge in [0, 0.05) is 4.90 Å². The summed E-state index contributed by atoms with van der Waals surface area (Å²) in [6.45, 7) is 4.73. The van der Waals surface area contributed by atoms with Gasteiger partial charge >= 0.3 is 0 Å². The van der Waals surface area contributed by atoms with Crippen molar-refractivity contribution in [1.29, 1.82) is 0 Å². The van der Waals surface area contributed by atoms with E-state index in [2.05, 4.69) is 44.2 Å². The molecule has 0 saturated carbocycles. The molecule has 5 heteroatoms. The van der Waals surface area contributed by atoms with E-state index in [0.717, 1.165) is 43.5 Å². The van der Waals surface area contributed by atoms with Gasteiger partial charge in [-0.1, -0.05) is 79.8 Å². The summed E-state index contributed by atoms with van der Waals surface area (Å²) in [4.78, 5) is 21.5. The van der Waals surface area contributed by atoms with E-state index in [-0.39, 0.29) is 5.91 Å². The number of aromatic nitrogens is 1. The largest absolute Gasteiger partial charge is 0.279 e. The summed E-state index contributed by atoms with van der Waals surface area (Å²) in [6.07, 6.45) is 0.920. The van der Waals surface area contributed by atoms with Crippen molar-refractivity contribution in [2.75, 3.05) is 10.7 Å². The Labute approximate surface area is 185 Å². The topological polar surface area (TPSA) is 33.2 Å². The minimum Gasteiger partial charge on any atom is -0.279 e. The molecule has 0 N–H and O–H groups in total. The second kappa shape index (κ2) is 9.45. The Morgan fingerprint density at radius 3 is 2.50 bits per heavy atom. The van der Waals surface area contributed by atoms with Crippen LogP contribution in [0.5, 0.6) is 0 Å². The smallest absolute Gasteiger partial charge is 0.261 e. The Hall–Kier alpha value is -2.63. The number of fused-ring (bicyclic) bond motifs is 1. The van der Waals surface area contributed by atoms with Crippen molar-refractivity contribution >= 4 is 44.4 Å². The third-order valence-corrected chi connectivity index (χ3v) is 6.95. The number of anilines is 1. The highest BCUT2D eigenvalue weighted by atomic mass is 32.2. The van der Waals surface area contributed by atoms with Crippen LogP contribution >= 0.6 is 23.1 Å². The summed E-state index contributed by atoms with van der Waals surface area (Å²) in [5.41, 5.74) is 4.03. The zero-order valence-electron chi connectivity index (χ0n) is 17.2. The van der Waals surface area contributed by atoms with Crippen LogP contribution < -0.4 is 4.90 Å². The van der Waals surface area contributed by atoms with Gasteiger partial charge in [-0.25, -0.2) is 4.98 Å². The lowest BCUT2D eigenvalue weighted by Crippen LogP contribution is -2.30. The first-order valence-corrected chi connectivity index (χ1v) is 12.0. The molecule has 0 aliphatic rings. The minimum atomic E-state index is -0.00694. The van der Waals surface area contributed by atoms with Gasteiger partial charge in [0.2, 0.25) is 0 Å². The first-order valence-electron chi connectivity index (χ1n) is 10.2. The normalized spacial score (nSPS) is 11.0. The second-order valence-electron chi connectivity index (χ2n) is 6.92. The standard InChI is InChI=1S/C25H24N2OS2/c1-3-19-13-10-16-22-23(19)26-25(30-22)27(17-18-11-6-5-7-12-18)24(28)20-14-8-9-15-21(20)29-4-2/h5-16H,3-4,17H2,1-2H3. The summed E-state index contributed by atoms with van der Waals surface area (Å²) in [6, 6.07) is 24.2. The zero-order chi connectivity index (χ0) is 20.9. The van der Waals surface area contributed by atoms with Gasteiger partial charge in [-0.05, 0) is 41.5 Å². The van der Waals surface area contributed by atoms with Gasteiger partial charge in [-0.15, -0.1) is 11.8 Å². The summed E-state index contributed by atoms with van der Waals surface area (Å²) in [7, 11) is 0. The molecule has 0 spiro atoms. The number of nitrogens with zero attached hydrogens (tertiary/aromatic N) is 2. The Balaban J connectivity index is 1.80. The lowest BCUT2D eigenvalue weighted by Gasteiger charge is -2.21. The summed E-state index contributed by atoms with van der Waals surface area (Å²) in [5, 5.41) is 0.746. The highest BCUT2D eigenvalue weighted by Crippen LogP contribution is 2.34. The maximum absolute atomic E-state index is 13.8. The number of hydrogen-bond acceptors (Lipinski definition) is 4. The van der Waals surface area contributed by atoms with Gasteiger partial charge < -0.3 is 0 Å². The first kappa shape index (κ1) is 20.6. The molecular formula is C25H24N2OS2. The van der Waals surface area contributed by atoms with E-state index < -0.39 is 0 Å². The number of aryl methyl sites for hydroxylation is 1. The van der Waals surface area contributed by atoms with E-state index in [1.807, 2.05) is 47.4 Å². The fourth-order valence-corrected chi connectivity index (χ4v) is 5.26. The summed E-state index contributed by atoms with van der Waals surface area (Å²) < 4.78 is 1.12. The van der Waals surface area contributed by atoms with Gasteiger partial charge in [-0.3, -0.25) is 9.69 Å². The van der Waals surface area contributed by atoms with Crippen LogP contribution in [0.25, 0.3) is 10.2 Å². The van der Waals surface area contributed by atoms with Crippen LogP contribution in [0.4, 0.5) is 5.13 Å². The van der Waals surface area contributed by atoms with Crippen molar-refractivity contribution in [3.05, 3.63) is 89.5 Å². The highest BCUT2D eigenvalue weighted by molar-refractivity contribution is 7.99. The third kappa shape index (κ3) is 4.27. The van der Waals surface area contributed by atoms with Gasteiger partial charge in [0.15, 0.2) is 5.13 Å². The average molecular weight is 433 g/mol. The van der Waals surface area contributed by atoms with E-state index >= 15 is 0 Å². The number of carbonyl (C=O) groups is 1. The molecule has 0 unspecified atom stereocenters. The SMILES string of the molecule is CCSc1ccccc1C(=O)N(Cc1ccccc1)c1nc2c(CC)cccc2s1. The molecule has 0 atom stereocenters. The lowest BCUT2D eigenvalue weighted by atomic mass is 10.1. The molecule has 3 aromatic carbocycles. The minimum absolute atomic E-state index is 0.00694. The van der Waals surface area contributed by atoms with Gasteiger partial charge in [0.1, 0.15) is 0 Å². The van der Waals surface area contributed by atoms with Crippen molar-refractivity contribution in [2.45, 2.75) is 31.7 Å². The number of thiazole rings is 1. The quantitative estimate of drug-likeness (QED) is 0.301. The number of para-hydroxylation sites is 1. The molecular weight excluding hydrogens is 408 g/mol. The van der Waals surface area contributed by atoms with Gasteiger partial charge in [0.25, 0.3) is 5.91 Å². The number of rotatable bonds is 7. The predicted octanol–water partition coefficient (Wildman–Crippen LogP) is 6.82. The van der Waals surface area contributed by atoms with E-state index in [1.54, 1.807) is 23.1 Å². The fourth-order valence-electron chi connectivity index (χ4n) is 3.46. The number of benzene rings is 3. The van der Waals surface area contributed by atoms with E-state index in [1.165, 1.54) is 5.56 Å². The molecule has 0 aliphatic heterocycles. The number of thioether (sulfide) groups is 1. The molecule has 0 radical (unpaired) electrons. The van der Waals surface area contributed by atoms with Crippen molar-refractivity contribution in [3.63, 3.8) is 0 Å². The molecule has 0 bridgehead atoms. The molecule has 3 nitrogen and oxygen atoms in total. The molecule has 4 aromatic rings. The maximum atomic E-state index is 13.8. The Morgan fingerprint density at radius 2 is 1.73 bits per heavy atom. The monoisotopic (exact) mass is 432 g/mol. The lowest BCUT2D eigenvalue weighted by molar-refractivity contribution is 0.0982. The number of hydrogen-bond donors (Lipinski definition) is 0. The molecule has 1 heterocycles. The molecule has 0 aliphatic carbocycles. The predicted molar refractivity (Wildman–Crippen MR) is 129 cm³/mol. The van der Waals surface area contributed by atoms with E-state index in [4.69, 9.17) is 4.98 Å². The van der Waals surface area contributed by atoms with Crippen LogP contribution in [-0.4, -0.2) is 16.6 Å². The van der Waals surface area contributed by atoms with Crippen molar-refractivity contribution < 1.29 is 4.79 Å². The Morgan fingerprint density at radius 1 is 0.967 bits per heavy atom. The van der Waals surface area contributed by atoms with Crippen molar-refractivity contribution in [1.82, 2.24) is 4.98 Å². The molecule has 1 aromatic heterocycles. The van der Waals surface area contributed by atoms with Gasteiger partial charge in [-0.2, -0.15) is 0 Å². The second-order valence-corrected chi connectivity index (χ2v) is 9.23. The van der Waals surface area contributed by atoms with Crippen LogP contribution in [-0.2, 0) is 13.0 Å². The third-order valence-electron chi connectivity index (χ3n) is 4.95. The fraction of sp³-hybridized carbons (Fsp3) is 0.200. The molecule has 152 valence electrons. The molecule has 0 fully saturated rings. The number of amides is 1. The first-order chi connectivity index (χ1) is 14.7. The molecule has 1 amide bonds. The van der Waals surface area contributed by atoms with E-state index in [9.17, 15) is 4.79 Å². The maximum Gasteiger partial charge on any atom is 0.261 e. The highest BCUT2D eigenvalue weighted by Gasteiger charge is 2.24. The Bertz CT molecular complexity index is 1150. The Kier molecular flexibility index (Phi) is 6.50. The number of carbonyl (C=O) groups excluding carboxylic acids is 1. The average Bonchev–Trinajstić information content (AvgIpc) is 3.22. The van der Waals surface area contributed by atoms with Crippen LogP contribution in [0, 0.1) is 0 Å². The van der Waals surface area contributed by atoms with Gasteiger partial charge in [0.05, 0.1) is 22.3 Å². The molecule has 30 heavy (non-hydrogen) atoms. The van der Waals surface area contributed by atoms with E-state index in [0.29, 0.717) is 6.54 Å². The molecule has 0 saturated heterocycles. The van der Waals surface area contributed by atoms with Crippen LogP contribution in [0.2, 0.25) is 0 Å². The van der Waals surface area contributed by atoms with Crippen molar-refractivity contribution in [2.24, 2.45) is 0 Å². The molecule has 4 rings (SSSR count). The zero-order valence-corrected chi connectivity index (χ0v) is 18.8. The summed E-state index contributed by atoms with van der Waals surface area (Å²) >= 11 is 3.28. The van der Waals surface area contributed by atoms with Crippen molar-refractivity contribution in [3.8, 4) is 0 Å².